The Kier molecular flexibility index (Phi) is 1.56. The lowest BCUT2D eigenvalue weighted by molar-refractivity contribution is 0.582. The maximum Gasteiger partial charge on any atom is 0.169 e. The van der Waals surface area contributed by atoms with Crippen molar-refractivity contribution in [3.8, 4) is 0 Å². The van der Waals surface area contributed by atoms with Gasteiger partial charge in [-0.25, -0.2) is 4.68 Å². The van der Waals surface area contributed by atoms with E-state index in [2.05, 4.69) is 15.5 Å². The zero-order valence-corrected chi connectivity index (χ0v) is 6.99. The van der Waals surface area contributed by atoms with Crippen LogP contribution in [0, 0.1) is 0 Å². The van der Waals surface area contributed by atoms with Gasteiger partial charge in [-0.1, -0.05) is 0 Å². The van der Waals surface area contributed by atoms with E-state index in [-0.39, 0.29) is 5.38 Å². The third-order valence-electron chi connectivity index (χ3n) is 1.77. The summed E-state index contributed by atoms with van der Waals surface area (Å²) in [7, 11) is 0. The lowest BCUT2D eigenvalue weighted by Gasteiger charge is -2.01. The van der Waals surface area contributed by atoms with Gasteiger partial charge >= 0.3 is 0 Å². The van der Waals surface area contributed by atoms with Gasteiger partial charge < -0.3 is 0 Å². The van der Waals surface area contributed by atoms with Crippen LogP contribution in [0.5, 0.6) is 0 Å². The van der Waals surface area contributed by atoms with Crippen molar-refractivity contribution in [3.05, 3.63) is 5.82 Å². The maximum atomic E-state index is 5.86. The molecule has 0 aromatic carbocycles. The predicted molar refractivity (Wildman–Crippen MR) is 40.4 cm³/mol. The van der Waals surface area contributed by atoms with Crippen LogP contribution < -0.4 is 0 Å². The van der Waals surface area contributed by atoms with Crippen LogP contribution in [0.2, 0.25) is 0 Å². The molecular weight excluding hydrogens is 164 g/mol. The first-order valence-electron chi connectivity index (χ1n) is 3.71. The molecule has 0 spiro atoms. The molecule has 0 unspecified atom stereocenters. The Morgan fingerprint density at radius 3 is 2.91 bits per heavy atom. The van der Waals surface area contributed by atoms with Crippen LogP contribution in [0.1, 0.15) is 37.0 Å². The summed E-state index contributed by atoms with van der Waals surface area (Å²) in [6.07, 6.45) is 2.36. The summed E-state index contributed by atoms with van der Waals surface area (Å²) in [4.78, 5) is 0. The summed E-state index contributed by atoms with van der Waals surface area (Å²) in [5.41, 5.74) is 0. The van der Waals surface area contributed by atoms with Crippen molar-refractivity contribution in [2.45, 2.75) is 31.2 Å². The van der Waals surface area contributed by atoms with E-state index in [1.165, 1.54) is 12.8 Å². The lowest BCUT2D eigenvalue weighted by atomic mass is 10.4. The van der Waals surface area contributed by atoms with Crippen molar-refractivity contribution in [1.29, 1.82) is 0 Å². The molecule has 11 heavy (non-hydrogen) atoms. The number of alkyl halides is 1. The molecule has 1 saturated carbocycles. The predicted octanol–water partition coefficient (Wildman–Crippen LogP) is 1.31. The van der Waals surface area contributed by atoms with Gasteiger partial charge in [0.05, 0.1) is 11.4 Å². The average Bonchev–Trinajstić information content (AvgIpc) is 2.68. The van der Waals surface area contributed by atoms with Crippen molar-refractivity contribution in [2.75, 3.05) is 0 Å². The average molecular weight is 173 g/mol. The highest BCUT2D eigenvalue weighted by atomic mass is 35.5. The Balaban J connectivity index is 2.30. The minimum Gasteiger partial charge on any atom is -0.225 e. The first-order chi connectivity index (χ1) is 5.29. The minimum absolute atomic E-state index is 0.0920. The number of hydrogen-bond acceptors (Lipinski definition) is 3. The van der Waals surface area contributed by atoms with Gasteiger partial charge in [0.1, 0.15) is 0 Å². The number of aromatic nitrogens is 4. The first kappa shape index (κ1) is 7.03. The van der Waals surface area contributed by atoms with Crippen molar-refractivity contribution in [2.24, 2.45) is 0 Å². The lowest BCUT2D eigenvalue weighted by Crippen LogP contribution is -2.03. The molecular formula is C6H9ClN4. The molecule has 0 N–H and O–H groups in total. The highest BCUT2D eigenvalue weighted by Gasteiger charge is 2.28. The van der Waals surface area contributed by atoms with E-state index >= 15 is 0 Å². The second-order valence-corrected chi connectivity index (χ2v) is 3.48. The highest BCUT2D eigenvalue weighted by molar-refractivity contribution is 6.20. The van der Waals surface area contributed by atoms with E-state index in [0.29, 0.717) is 6.04 Å². The number of nitrogens with zero attached hydrogens (tertiary/aromatic N) is 4. The summed E-state index contributed by atoms with van der Waals surface area (Å²) in [5, 5.41) is 11.2. The van der Waals surface area contributed by atoms with E-state index in [1.54, 1.807) is 0 Å². The summed E-state index contributed by atoms with van der Waals surface area (Å²) >= 11 is 5.86. The molecule has 2 rings (SSSR count). The van der Waals surface area contributed by atoms with E-state index < -0.39 is 0 Å². The largest absolute Gasteiger partial charge is 0.225 e. The van der Waals surface area contributed by atoms with Crippen molar-refractivity contribution >= 4 is 11.6 Å². The van der Waals surface area contributed by atoms with Gasteiger partial charge in [-0.15, -0.1) is 16.7 Å². The number of halogens is 1. The summed E-state index contributed by atoms with van der Waals surface area (Å²) in [6.45, 7) is 1.88. The Morgan fingerprint density at radius 2 is 2.36 bits per heavy atom. The van der Waals surface area contributed by atoms with E-state index in [4.69, 9.17) is 11.6 Å². The molecule has 1 aliphatic rings. The molecule has 4 nitrogen and oxygen atoms in total. The van der Waals surface area contributed by atoms with Gasteiger partial charge in [0, 0.05) is 0 Å². The van der Waals surface area contributed by atoms with Crippen molar-refractivity contribution in [1.82, 2.24) is 20.2 Å². The first-order valence-corrected chi connectivity index (χ1v) is 4.14. The van der Waals surface area contributed by atoms with Gasteiger partial charge in [0.2, 0.25) is 0 Å². The van der Waals surface area contributed by atoms with Crippen LogP contribution in [0.15, 0.2) is 0 Å². The molecule has 1 fully saturated rings. The molecule has 0 radical (unpaired) electrons. The normalized spacial score (nSPS) is 20.2. The smallest absolute Gasteiger partial charge is 0.169 e. The second kappa shape index (κ2) is 2.44. The summed E-state index contributed by atoms with van der Waals surface area (Å²) < 4.78 is 1.83. The number of tetrazole rings is 1. The van der Waals surface area contributed by atoms with Crippen LogP contribution in [-0.4, -0.2) is 20.2 Å². The van der Waals surface area contributed by atoms with Gasteiger partial charge in [-0.3, -0.25) is 0 Å². The monoisotopic (exact) mass is 172 g/mol. The molecule has 1 aromatic rings. The SMILES string of the molecule is C[C@H](Cl)c1nnnn1C1CC1. The topological polar surface area (TPSA) is 43.6 Å². The van der Waals surface area contributed by atoms with E-state index in [1.807, 2.05) is 11.6 Å². The molecule has 0 aliphatic heterocycles. The van der Waals surface area contributed by atoms with E-state index in [9.17, 15) is 0 Å². The van der Waals surface area contributed by atoms with Crippen LogP contribution >= 0.6 is 11.6 Å². The molecule has 1 aromatic heterocycles. The zero-order valence-electron chi connectivity index (χ0n) is 6.24. The Morgan fingerprint density at radius 1 is 1.64 bits per heavy atom. The van der Waals surface area contributed by atoms with Gasteiger partial charge in [-0.2, -0.15) is 0 Å². The van der Waals surface area contributed by atoms with Gasteiger partial charge in [0.15, 0.2) is 5.82 Å². The van der Waals surface area contributed by atoms with Crippen LogP contribution in [0.4, 0.5) is 0 Å². The van der Waals surface area contributed by atoms with Crippen molar-refractivity contribution < 1.29 is 0 Å². The third kappa shape index (κ3) is 1.22. The zero-order chi connectivity index (χ0) is 7.84. The molecule has 1 heterocycles. The molecule has 5 heteroatoms. The fourth-order valence-electron chi connectivity index (χ4n) is 1.04. The quantitative estimate of drug-likeness (QED) is 0.632. The van der Waals surface area contributed by atoms with Crippen LogP contribution in [-0.2, 0) is 0 Å². The highest BCUT2D eigenvalue weighted by Crippen LogP contribution is 2.36. The second-order valence-electron chi connectivity index (χ2n) is 2.83. The minimum atomic E-state index is -0.0920. The molecule has 1 aliphatic carbocycles. The fourth-order valence-corrected chi connectivity index (χ4v) is 1.19. The fraction of sp³-hybridized carbons (Fsp3) is 0.833. The molecule has 1 atom stereocenters. The Labute approximate surface area is 69.5 Å². The number of hydrogen-bond donors (Lipinski definition) is 0. The molecule has 0 saturated heterocycles. The van der Waals surface area contributed by atoms with E-state index in [0.717, 1.165) is 5.82 Å². The standard InChI is InChI=1S/C6H9ClN4/c1-4(7)6-8-9-10-11(6)5-2-3-5/h4-5H,2-3H2,1H3/t4-/m0/s1. The van der Waals surface area contributed by atoms with Crippen LogP contribution in [0.25, 0.3) is 0 Å². The van der Waals surface area contributed by atoms with Crippen LogP contribution in [0.3, 0.4) is 0 Å². The van der Waals surface area contributed by atoms with Crippen molar-refractivity contribution in [3.63, 3.8) is 0 Å². The molecule has 60 valence electrons. The Bertz CT molecular complexity index is 236. The van der Waals surface area contributed by atoms with Gasteiger partial charge in [-0.05, 0) is 30.2 Å². The molecule has 0 bridgehead atoms. The third-order valence-corrected chi connectivity index (χ3v) is 1.96. The molecule has 0 amide bonds. The van der Waals surface area contributed by atoms with Gasteiger partial charge in [0.25, 0.3) is 0 Å². The maximum absolute atomic E-state index is 5.86. The summed E-state index contributed by atoms with van der Waals surface area (Å²) in [5.74, 6) is 0.786. The number of rotatable bonds is 2. The Hall–Kier alpha value is -0.640. The summed E-state index contributed by atoms with van der Waals surface area (Å²) in [6, 6.07) is 0.515.